The molecule has 0 nitrogen and oxygen atoms in total. The first-order valence-electron chi connectivity index (χ1n) is 5.25. The minimum absolute atomic E-state index is 0.0819. The van der Waals surface area contributed by atoms with Gasteiger partial charge in [-0.3, -0.25) is 0 Å². The zero-order chi connectivity index (χ0) is 13.3. The Morgan fingerprint density at radius 2 is 1.72 bits per heavy atom. The van der Waals surface area contributed by atoms with Crippen molar-refractivity contribution in [1.82, 2.24) is 0 Å². The summed E-state index contributed by atoms with van der Waals surface area (Å²) in [6.45, 7) is 1.62. The van der Waals surface area contributed by atoms with Crippen molar-refractivity contribution in [2.75, 3.05) is 0 Å². The summed E-state index contributed by atoms with van der Waals surface area (Å²) in [5.74, 6) is -2.21. The van der Waals surface area contributed by atoms with Crippen molar-refractivity contribution in [3.8, 4) is 11.1 Å². The van der Waals surface area contributed by atoms with Gasteiger partial charge in [0.15, 0.2) is 11.6 Å². The lowest BCUT2D eigenvalue weighted by molar-refractivity contribution is 0.517. The molecule has 0 saturated heterocycles. The molecule has 18 heavy (non-hydrogen) atoms. The fourth-order valence-electron chi connectivity index (χ4n) is 1.64. The molecule has 0 radical (unpaired) electrons. The van der Waals surface area contributed by atoms with E-state index in [-0.39, 0.29) is 13.8 Å². The minimum atomic E-state index is -0.925. The molecule has 0 bridgehead atoms. The van der Waals surface area contributed by atoms with Gasteiger partial charge in [0.05, 0.1) is 0 Å². The van der Waals surface area contributed by atoms with E-state index in [1.54, 1.807) is 19.1 Å². The molecular formula is C13H11F3P2. The van der Waals surface area contributed by atoms with Gasteiger partial charge >= 0.3 is 0 Å². The molecule has 0 amide bonds. The summed E-state index contributed by atoms with van der Waals surface area (Å²) >= 11 is 0. The highest BCUT2D eigenvalue weighted by Gasteiger charge is 2.14. The first-order valence-corrected chi connectivity index (χ1v) is 8.06. The molecule has 0 N–H and O–H groups in total. The van der Waals surface area contributed by atoms with Gasteiger partial charge in [-0.1, -0.05) is 32.5 Å². The topological polar surface area (TPSA) is 0 Å². The molecule has 2 aromatic carbocycles. The van der Waals surface area contributed by atoms with E-state index in [0.29, 0.717) is 16.4 Å². The lowest BCUT2D eigenvalue weighted by Crippen LogP contribution is -2.04. The average molecular weight is 286 g/mol. The molecule has 0 fully saturated rings. The van der Waals surface area contributed by atoms with Crippen molar-refractivity contribution < 1.29 is 13.2 Å². The van der Waals surface area contributed by atoms with Crippen LogP contribution in [0.3, 0.4) is 0 Å². The summed E-state index contributed by atoms with van der Waals surface area (Å²) in [7, 11) is 2.47. The first-order chi connectivity index (χ1) is 8.54. The third kappa shape index (κ3) is 2.43. The van der Waals surface area contributed by atoms with Crippen LogP contribution in [0.4, 0.5) is 13.2 Å². The quantitative estimate of drug-likeness (QED) is 0.727. The Labute approximate surface area is 107 Å². The second kappa shape index (κ2) is 5.38. The van der Waals surface area contributed by atoms with Crippen molar-refractivity contribution in [3.63, 3.8) is 0 Å². The Bertz CT molecular complexity index is 597. The number of halogens is 3. The van der Waals surface area contributed by atoms with E-state index >= 15 is 0 Å². The van der Waals surface area contributed by atoms with Gasteiger partial charge in [-0.25, -0.2) is 13.2 Å². The van der Waals surface area contributed by atoms with Gasteiger partial charge in [0.1, 0.15) is 5.82 Å². The van der Waals surface area contributed by atoms with Crippen molar-refractivity contribution in [2.24, 2.45) is 0 Å². The largest absolute Gasteiger partial charge is 0.207 e. The Morgan fingerprint density at radius 3 is 2.33 bits per heavy atom. The highest BCUT2D eigenvalue weighted by molar-refractivity contribution is 8.06. The van der Waals surface area contributed by atoms with Crippen molar-refractivity contribution in [1.29, 1.82) is 0 Å². The summed E-state index contributed by atoms with van der Waals surface area (Å²) in [6, 6.07) is 7.36. The van der Waals surface area contributed by atoms with Crippen LogP contribution < -0.4 is 5.30 Å². The van der Waals surface area contributed by atoms with Crippen LogP contribution >= 0.6 is 17.2 Å². The average Bonchev–Trinajstić information content (AvgIpc) is 2.36. The second-order valence-electron chi connectivity index (χ2n) is 3.90. The van der Waals surface area contributed by atoms with Gasteiger partial charge < -0.3 is 0 Å². The van der Waals surface area contributed by atoms with Gasteiger partial charge in [-0.2, -0.15) is 0 Å². The zero-order valence-electron chi connectivity index (χ0n) is 9.60. The first kappa shape index (κ1) is 13.5. The monoisotopic (exact) mass is 286 g/mol. The van der Waals surface area contributed by atoms with E-state index in [9.17, 15) is 13.2 Å². The number of hydrogen-bond donors (Lipinski definition) is 0. The Morgan fingerprint density at radius 1 is 1.00 bits per heavy atom. The van der Waals surface area contributed by atoms with Crippen molar-refractivity contribution in [3.05, 3.63) is 53.3 Å². The van der Waals surface area contributed by atoms with Crippen LogP contribution in [0.15, 0.2) is 30.3 Å². The van der Waals surface area contributed by atoms with E-state index < -0.39 is 17.5 Å². The molecule has 0 saturated carbocycles. The number of benzene rings is 2. The second-order valence-corrected chi connectivity index (χ2v) is 5.59. The molecule has 2 rings (SSSR count). The predicted octanol–water partition coefficient (Wildman–Crippen LogP) is 4.17. The summed E-state index contributed by atoms with van der Waals surface area (Å²) in [5, 5.41) is 0.314. The van der Waals surface area contributed by atoms with Gasteiger partial charge in [0.25, 0.3) is 0 Å². The van der Waals surface area contributed by atoms with Crippen molar-refractivity contribution in [2.45, 2.75) is 6.92 Å². The zero-order valence-corrected chi connectivity index (χ0v) is 11.8. The molecule has 0 aromatic heterocycles. The number of aryl methyl sites for hydroxylation is 1. The lowest BCUT2D eigenvalue weighted by Gasteiger charge is -2.08. The Balaban J connectivity index is 2.57. The van der Waals surface area contributed by atoms with Gasteiger partial charge in [0.2, 0.25) is 0 Å². The molecule has 94 valence electrons. The van der Waals surface area contributed by atoms with Crippen LogP contribution in [0.25, 0.3) is 11.1 Å². The van der Waals surface area contributed by atoms with E-state index in [1.807, 2.05) is 0 Å². The normalized spacial score (nSPS) is 11.4. The molecule has 0 aliphatic carbocycles. The van der Waals surface area contributed by atoms with Crippen LogP contribution in [-0.2, 0) is 0 Å². The molecule has 0 heterocycles. The lowest BCUT2D eigenvalue weighted by atomic mass is 10.0. The molecule has 2 atom stereocenters. The maximum absolute atomic E-state index is 13.9. The fourth-order valence-corrected chi connectivity index (χ4v) is 2.73. The standard InChI is InChI=1S/C13H11F3P2/c1-7-2-3-8(6-10(7)14)9-4-5-11(18-17)13(16)12(9)15/h2-6,18H,17H2,1H3. The van der Waals surface area contributed by atoms with Crippen LogP contribution in [0.2, 0.25) is 0 Å². The maximum Gasteiger partial charge on any atom is 0.167 e. The number of hydrogen-bond acceptors (Lipinski definition) is 0. The molecule has 2 aromatic rings. The summed E-state index contributed by atoms with van der Waals surface area (Å²) < 4.78 is 40.9. The Kier molecular flexibility index (Phi) is 4.04. The van der Waals surface area contributed by atoms with Crippen LogP contribution in [-0.4, -0.2) is 0 Å². The summed E-state index contributed by atoms with van der Waals surface area (Å²) in [6.07, 6.45) is 0. The van der Waals surface area contributed by atoms with Crippen LogP contribution in [0.1, 0.15) is 5.56 Å². The van der Waals surface area contributed by atoms with E-state index in [2.05, 4.69) is 8.93 Å². The highest BCUT2D eigenvalue weighted by Crippen LogP contribution is 2.29. The van der Waals surface area contributed by atoms with Gasteiger partial charge in [0, 0.05) is 10.9 Å². The minimum Gasteiger partial charge on any atom is -0.207 e. The molecule has 5 heteroatoms. The SMILES string of the molecule is Cc1ccc(-c2ccc(PP)c(F)c2F)cc1F. The van der Waals surface area contributed by atoms with E-state index in [4.69, 9.17) is 0 Å². The molecule has 0 aliphatic rings. The summed E-state index contributed by atoms with van der Waals surface area (Å²) in [4.78, 5) is 0. The van der Waals surface area contributed by atoms with Crippen LogP contribution in [0.5, 0.6) is 0 Å². The summed E-state index contributed by atoms with van der Waals surface area (Å²) in [5.41, 5.74) is 0.897. The maximum atomic E-state index is 13.9. The third-order valence-corrected chi connectivity index (χ3v) is 4.35. The van der Waals surface area contributed by atoms with Gasteiger partial charge in [-0.15, -0.1) is 8.93 Å². The molecular weight excluding hydrogens is 275 g/mol. The van der Waals surface area contributed by atoms with Crippen LogP contribution in [0, 0.1) is 24.4 Å². The third-order valence-electron chi connectivity index (χ3n) is 2.72. The molecule has 0 aliphatic heterocycles. The van der Waals surface area contributed by atoms with Crippen molar-refractivity contribution >= 4 is 22.5 Å². The molecule has 0 spiro atoms. The molecule has 2 unspecified atom stereocenters. The van der Waals surface area contributed by atoms with E-state index in [0.717, 1.165) is 0 Å². The highest BCUT2D eigenvalue weighted by atomic mass is 32.0. The Hall–Kier alpha value is -0.910. The smallest absolute Gasteiger partial charge is 0.167 e. The van der Waals surface area contributed by atoms with E-state index in [1.165, 1.54) is 18.2 Å². The predicted molar refractivity (Wildman–Crippen MR) is 74.1 cm³/mol. The fraction of sp³-hybridized carbons (Fsp3) is 0.0769. The van der Waals surface area contributed by atoms with Gasteiger partial charge in [-0.05, 0) is 24.1 Å². The number of rotatable bonds is 2.